The first-order valence-electron chi connectivity index (χ1n) is 5.79. The van der Waals surface area contributed by atoms with Crippen molar-refractivity contribution in [3.8, 4) is 5.75 Å². The minimum absolute atomic E-state index is 0.140. The summed E-state index contributed by atoms with van der Waals surface area (Å²) in [5.41, 5.74) is 0.801. The van der Waals surface area contributed by atoms with Gasteiger partial charge in [-0.25, -0.2) is 0 Å². The standard InChI is InChI=1S/C13H16O2S/c1-9-13(6-7-16-9)8-11(14)10-4-2-3-5-12(10)15-13/h2-5,9,11,14H,6-8H2,1H3/t9?,11-,13?/m1/s1. The topological polar surface area (TPSA) is 29.5 Å². The molecule has 3 rings (SSSR count). The Hall–Kier alpha value is -0.670. The Morgan fingerprint density at radius 3 is 3.00 bits per heavy atom. The summed E-state index contributed by atoms with van der Waals surface area (Å²) in [5, 5.41) is 10.7. The van der Waals surface area contributed by atoms with Crippen molar-refractivity contribution in [3.05, 3.63) is 29.8 Å². The predicted octanol–water partition coefficient (Wildman–Crippen LogP) is 2.77. The molecule has 1 saturated heterocycles. The summed E-state index contributed by atoms with van der Waals surface area (Å²) in [6.07, 6.45) is 1.41. The van der Waals surface area contributed by atoms with Crippen LogP contribution in [0.3, 0.4) is 0 Å². The maximum Gasteiger partial charge on any atom is 0.126 e. The van der Waals surface area contributed by atoms with Gasteiger partial charge in [-0.1, -0.05) is 18.2 Å². The van der Waals surface area contributed by atoms with Crippen molar-refractivity contribution in [1.29, 1.82) is 0 Å². The summed E-state index contributed by atoms with van der Waals surface area (Å²) in [5.74, 6) is 2.01. The number of para-hydroxylation sites is 1. The second-order valence-electron chi connectivity index (χ2n) is 4.69. The normalized spacial score (nSPS) is 37.1. The molecule has 2 heterocycles. The Morgan fingerprint density at radius 1 is 1.44 bits per heavy atom. The number of rotatable bonds is 0. The number of hydrogen-bond acceptors (Lipinski definition) is 3. The van der Waals surface area contributed by atoms with Crippen molar-refractivity contribution < 1.29 is 9.84 Å². The molecule has 0 aliphatic carbocycles. The molecule has 0 radical (unpaired) electrons. The van der Waals surface area contributed by atoms with Gasteiger partial charge in [0, 0.05) is 17.2 Å². The number of ether oxygens (including phenoxy) is 1. The van der Waals surface area contributed by atoms with Crippen molar-refractivity contribution in [2.24, 2.45) is 0 Å². The van der Waals surface area contributed by atoms with Gasteiger partial charge in [0.15, 0.2) is 0 Å². The van der Waals surface area contributed by atoms with Gasteiger partial charge in [0.2, 0.25) is 0 Å². The van der Waals surface area contributed by atoms with Crippen LogP contribution in [0, 0.1) is 0 Å². The van der Waals surface area contributed by atoms with Crippen LogP contribution in [0.4, 0.5) is 0 Å². The zero-order chi connectivity index (χ0) is 11.2. The zero-order valence-corrected chi connectivity index (χ0v) is 10.2. The van der Waals surface area contributed by atoms with E-state index in [1.807, 2.05) is 36.0 Å². The molecule has 1 spiro atoms. The van der Waals surface area contributed by atoms with E-state index in [1.54, 1.807) is 0 Å². The number of aliphatic hydroxyl groups is 1. The third-order valence-corrected chi connectivity index (χ3v) is 5.13. The van der Waals surface area contributed by atoms with Gasteiger partial charge in [0.25, 0.3) is 0 Å². The van der Waals surface area contributed by atoms with E-state index in [-0.39, 0.29) is 11.7 Å². The zero-order valence-electron chi connectivity index (χ0n) is 9.35. The smallest absolute Gasteiger partial charge is 0.126 e. The molecule has 1 fully saturated rings. The Morgan fingerprint density at radius 2 is 2.25 bits per heavy atom. The summed E-state index contributed by atoms with van der Waals surface area (Å²) in [7, 11) is 0. The van der Waals surface area contributed by atoms with Gasteiger partial charge in [0.1, 0.15) is 11.4 Å². The highest BCUT2D eigenvalue weighted by molar-refractivity contribution is 8.00. The number of hydrogen-bond donors (Lipinski definition) is 1. The largest absolute Gasteiger partial charge is 0.486 e. The Kier molecular flexibility index (Phi) is 2.41. The van der Waals surface area contributed by atoms with E-state index in [4.69, 9.17) is 4.74 Å². The lowest BCUT2D eigenvalue weighted by Gasteiger charge is -2.40. The van der Waals surface area contributed by atoms with Crippen LogP contribution in [0.2, 0.25) is 0 Å². The van der Waals surface area contributed by atoms with E-state index < -0.39 is 0 Å². The second-order valence-corrected chi connectivity index (χ2v) is 6.14. The van der Waals surface area contributed by atoms with Gasteiger partial charge < -0.3 is 9.84 Å². The Balaban J connectivity index is 2.00. The van der Waals surface area contributed by atoms with Crippen LogP contribution < -0.4 is 4.74 Å². The summed E-state index contributed by atoms with van der Waals surface area (Å²) >= 11 is 1.94. The van der Waals surface area contributed by atoms with Crippen LogP contribution in [-0.2, 0) is 0 Å². The quantitative estimate of drug-likeness (QED) is 0.751. The van der Waals surface area contributed by atoms with Gasteiger partial charge in [0.05, 0.1) is 6.10 Å². The molecule has 2 nitrogen and oxygen atoms in total. The molecule has 2 aliphatic rings. The molecular weight excluding hydrogens is 220 g/mol. The second kappa shape index (κ2) is 3.67. The van der Waals surface area contributed by atoms with E-state index in [0.717, 1.165) is 29.9 Å². The molecule has 0 bridgehead atoms. The van der Waals surface area contributed by atoms with Gasteiger partial charge in [-0.05, 0) is 25.2 Å². The minimum atomic E-state index is -0.369. The lowest BCUT2D eigenvalue weighted by molar-refractivity contribution is -0.0103. The van der Waals surface area contributed by atoms with E-state index in [9.17, 15) is 5.11 Å². The fourth-order valence-electron chi connectivity index (χ4n) is 2.71. The monoisotopic (exact) mass is 236 g/mol. The molecule has 0 saturated carbocycles. The third kappa shape index (κ3) is 1.45. The van der Waals surface area contributed by atoms with Crippen LogP contribution in [0.1, 0.15) is 31.4 Å². The molecular formula is C13H16O2S. The van der Waals surface area contributed by atoms with Crippen molar-refractivity contribution in [2.45, 2.75) is 36.7 Å². The molecule has 3 atom stereocenters. The van der Waals surface area contributed by atoms with Crippen LogP contribution in [0.15, 0.2) is 24.3 Å². The number of fused-ring (bicyclic) bond motifs is 1. The van der Waals surface area contributed by atoms with E-state index in [0.29, 0.717) is 5.25 Å². The van der Waals surface area contributed by atoms with Gasteiger partial charge >= 0.3 is 0 Å². The lowest BCUT2D eigenvalue weighted by atomic mass is 9.85. The van der Waals surface area contributed by atoms with Crippen molar-refractivity contribution in [3.63, 3.8) is 0 Å². The Bertz CT molecular complexity index is 407. The SMILES string of the molecule is CC1SCCC12C[C@@H](O)c1ccccc1O2. The van der Waals surface area contributed by atoms with Gasteiger partial charge in [-0.2, -0.15) is 11.8 Å². The molecule has 2 unspecified atom stereocenters. The maximum absolute atomic E-state index is 10.2. The average molecular weight is 236 g/mol. The molecule has 3 heteroatoms. The van der Waals surface area contributed by atoms with Crippen LogP contribution in [0.25, 0.3) is 0 Å². The fourth-order valence-corrected chi connectivity index (χ4v) is 4.10. The maximum atomic E-state index is 10.2. The molecule has 1 aromatic carbocycles. The number of aliphatic hydroxyl groups excluding tert-OH is 1. The van der Waals surface area contributed by atoms with Crippen molar-refractivity contribution in [2.75, 3.05) is 5.75 Å². The summed E-state index contributed by atoms with van der Waals surface area (Å²) in [6.45, 7) is 2.21. The molecule has 1 N–H and O–H groups in total. The van der Waals surface area contributed by atoms with Crippen LogP contribution >= 0.6 is 11.8 Å². The molecule has 86 valence electrons. The van der Waals surface area contributed by atoms with Gasteiger partial charge in [-0.3, -0.25) is 0 Å². The first-order valence-corrected chi connectivity index (χ1v) is 6.84. The molecule has 0 aromatic heterocycles. The first kappa shape index (κ1) is 10.5. The predicted molar refractivity (Wildman–Crippen MR) is 65.9 cm³/mol. The molecule has 1 aromatic rings. The summed E-state index contributed by atoms with van der Waals surface area (Å²) in [6, 6.07) is 7.85. The minimum Gasteiger partial charge on any atom is -0.486 e. The number of benzene rings is 1. The molecule has 2 aliphatic heterocycles. The lowest BCUT2D eigenvalue weighted by Crippen LogP contribution is -2.45. The highest BCUT2D eigenvalue weighted by atomic mass is 32.2. The van der Waals surface area contributed by atoms with E-state index in [1.165, 1.54) is 0 Å². The highest BCUT2D eigenvalue weighted by Gasteiger charge is 2.47. The van der Waals surface area contributed by atoms with Gasteiger partial charge in [-0.15, -0.1) is 0 Å². The van der Waals surface area contributed by atoms with Crippen LogP contribution in [-0.4, -0.2) is 21.7 Å². The molecule has 16 heavy (non-hydrogen) atoms. The average Bonchev–Trinajstić information content (AvgIpc) is 2.60. The van der Waals surface area contributed by atoms with Crippen LogP contribution in [0.5, 0.6) is 5.75 Å². The first-order chi connectivity index (χ1) is 7.71. The van der Waals surface area contributed by atoms with E-state index in [2.05, 4.69) is 6.92 Å². The summed E-state index contributed by atoms with van der Waals surface area (Å²) < 4.78 is 6.18. The van der Waals surface area contributed by atoms with Crippen molar-refractivity contribution >= 4 is 11.8 Å². The highest BCUT2D eigenvalue weighted by Crippen LogP contribution is 2.49. The molecule has 0 amide bonds. The Labute approximate surface area is 100 Å². The third-order valence-electron chi connectivity index (χ3n) is 3.76. The van der Waals surface area contributed by atoms with Crippen molar-refractivity contribution in [1.82, 2.24) is 0 Å². The van der Waals surface area contributed by atoms with E-state index >= 15 is 0 Å². The number of thioether (sulfide) groups is 1. The fraction of sp³-hybridized carbons (Fsp3) is 0.538. The summed E-state index contributed by atoms with van der Waals surface area (Å²) in [4.78, 5) is 0.